The first-order valence-electron chi connectivity index (χ1n) is 6.49. The zero-order chi connectivity index (χ0) is 15.4. The minimum absolute atomic E-state index is 0.121. The van der Waals surface area contributed by atoms with Crippen molar-refractivity contribution in [3.63, 3.8) is 0 Å². The number of carbonyl (C=O) groups excluding carboxylic acids is 2. The number of halogens is 1. The van der Waals surface area contributed by atoms with E-state index in [4.69, 9.17) is 5.26 Å². The van der Waals surface area contributed by atoms with Crippen molar-refractivity contribution < 1.29 is 14.0 Å². The molecule has 1 fully saturated rings. The van der Waals surface area contributed by atoms with Gasteiger partial charge in [-0.15, -0.1) is 0 Å². The molecule has 1 heterocycles. The van der Waals surface area contributed by atoms with Crippen molar-refractivity contribution in [2.75, 3.05) is 11.9 Å². The van der Waals surface area contributed by atoms with Gasteiger partial charge in [-0.25, -0.2) is 4.39 Å². The smallest absolute Gasteiger partial charge is 0.247 e. The van der Waals surface area contributed by atoms with Crippen LogP contribution in [0.5, 0.6) is 0 Å². The van der Waals surface area contributed by atoms with Crippen LogP contribution >= 0.6 is 0 Å². The molecule has 0 saturated carbocycles. The number of anilines is 1. The van der Waals surface area contributed by atoms with Gasteiger partial charge in [-0.3, -0.25) is 9.59 Å². The van der Waals surface area contributed by atoms with Gasteiger partial charge in [0.15, 0.2) is 0 Å². The lowest BCUT2D eigenvalue weighted by Gasteiger charge is -2.22. The summed E-state index contributed by atoms with van der Waals surface area (Å²) in [4.78, 5) is 25.3. The number of carbonyl (C=O) groups is 2. The Kier molecular flexibility index (Phi) is 4.33. The van der Waals surface area contributed by atoms with E-state index in [-0.39, 0.29) is 17.2 Å². The van der Waals surface area contributed by atoms with Gasteiger partial charge in [-0.1, -0.05) is 6.58 Å². The minimum atomic E-state index is -0.602. The third kappa shape index (κ3) is 3.26. The summed E-state index contributed by atoms with van der Waals surface area (Å²) in [6.45, 7) is 3.90. The molecule has 1 saturated heterocycles. The molecule has 0 aromatic heterocycles. The molecule has 0 bridgehead atoms. The van der Waals surface area contributed by atoms with Crippen molar-refractivity contribution in [2.24, 2.45) is 0 Å². The zero-order valence-corrected chi connectivity index (χ0v) is 11.3. The predicted octanol–water partition coefficient (Wildman–Crippen LogP) is 1.81. The molecule has 2 amide bonds. The molecule has 108 valence electrons. The summed E-state index contributed by atoms with van der Waals surface area (Å²) in [6, 6.07) is 4.82. The van der Waals surface area contributed by atoms with Crippen LogP contribution in [0.15, 0.2) is 30.9 Å². The quantitative estimate of drug-likeness (QED) is 0.862. The molecule has 1 aliphatic heterocycles. The maximum absolute atomic E-state index is 13.3. The molecule has 1 aromatic carbocycles. The molecule has 1 aromatic rings. The van der Waals surface area contributed by atoms with Gasteiger partial charge in [0.2, 0.25) is 11.8 Å². The lowest BCUT2D eigenvalue weighted by atomic mass is 10.1. The Balaban J connectivity index is 2.14. The van der Waals surface area contributed by atoms with Crippen LogP contribution in [0.4, 0.5) is 10.1 Å². The van der Waals surface area contributed by atoms with Crippen LogP contribution in [0.2, 0.25) is 0 Å². The highest BCUT2D eigenvalue weighted by atomic mass is 19.1. The molecule has 21 heavy (non-hydrogen) atoms. The highest BCUT2D eigenvalue weighted by Crippen LogP contribution is 2.20. The number of nitrogens with one attached hydrogen (secondary N) is 1. The van der Waals surface area contributed by atoms with Gasteiger partial charge in [-0.2, -0.15) is 5.26 Å². The first kappa shape index (κ1) is 14.7. The molecule has 6 heteroatoms. The van der Waals surface area contributed by atoms with E-state index in [1.807, 2.05) is 6.07 Å². The summed E-state index contributed by atoms with van der Waals surface area (Å²) < 4.78 is 13.3. The van der Waals surface area contributed by atoms with E-state index in [9.17, 15) is 14.0 Å². The van der Waals surface area contributed by atoms with Crippen molar-refractivity contribution in [1.29, 1.82) is 5.26 Å². The molecule has 2 rings (SSSR count). The number of likely N-dealkylation sites (tertiary alicyclic amines) is 1. The van der Waals surface area contributed by atoms with Crippen molar-refractivity contribution in [2.45, 2.75) is 18.9 Å². The number of rotatable bonds is 3. The van der Waals surface area contributed by atoms with Crippen LogP contribution in [-0.2, 0) is 9.59 Å². The van der Waals surface area contributed by atoms with E-state index in [2.05, 4.69) is 11.9 Å². The van der Waals surface area contributed by atoms with E-state index in [1.54, 1.807) is 0 Å². The van der Waals surface area contributed by atoms with E-state index in [0.717, 1.165) is 18.6 Å². The van der Waals surface area contributed by atoms with Crippen LogP contribution in [0.1, 0.15) is 18.4 Å². The van der Waals surface area contributed by atoms with Crippen LogP contribution in [0.25, 0.3) is 0 Å². The number of hydrogen-bond donors (Lipinski definition) is 1. The highest BCUT2D eigenvalue weighted by Gasteiger charge is 2.32. The maximum atomic E-state index is 13.3. The van der Waals surface area contributed by atoms with Crippen molar-refractivity contribution >= 4 is 17.5 Å². The Hall–Kier alpha value is -2.68. The average molecular weight is 287 g/mol. The molecule has 1 aliphatic rings. The summed E-state index contributed by atoms with van der Waals surface area (Å²) in [5, 5.41) is 11.3. The van der Waals surface area contributed by atoms with Crippen molar-refractivity contribution in [3.05, 3.63) is 42.2 Å². The molecule has 0 radical (unpaired) electrons. The molecule has 0 spiro atoms. The number of nitrogens with zero attached hydrogens (tertiary/aromatic N) is 2. The Morgan fingerprint density at radius 1 is 1.48 bits per heavy atom. The van der Waals surface area contributed by atoms with Gasteiger partial charge in [0.05, 0.1) is 11.6 Å². The standard InChI is InChI=1S/C15H14FN3O2/c1-2-14(20)19-5-3-4-13(19)15(21)18-12-7-10(9-17)6-11(16)8-12/h2,6-8,13H,1,3-5H2,(H,18,21)/t13-/m1/s1. The van der Waals surface area contributed by atoms with E-state index in [0.29, 0.717) is 13.0 Å². The third-order valence-electron chi connectivity index (χ3n) is 3.31. The summed E-state index contributed by atoms with van der Waals surface area (Å²) in [5.41, 5.74) is 0.324. The lowest BCUT2D eigenvalue weighted by molar-refractivity contribution is -0.132. The SMILES string of the molecule is C=CC(=O)N1CCC[C@@H]1C(=O)Nc1cc(F)cc(C#N)c1. The summed E-state index contributed by atoms with van der Waals surface area (Å²) >= 11 is 0. The second kappa shape index (κ2) is 6.18. The normalized spacial score (nSPS) is 17.1. The van der Waals surface area contributed by atoms with E-state index < -0.39 is 17.8 Å². The fraction of sp³-hybridized carbons (Fsp3) is 0.267. The number of amides is 2. The van der Waals surface area contributed by atoms with Crippen LogP contribution in [0, 0.1) is 17.1 Å². The molecule has 0 unspecified atom stereocenters. The van der Waals surface area contributed by atoms with Crippen LogP contribution in [-0.4, -0.2) is 29.3 Å². The van der Waals surface area contributed by atoms with Crippen molar-refractivity contribution in [1.82, 2.24) is 4.90 Å². The summed E-state index contributed by atoms with van der Waals surface area (Å²) in [6.07, 6.45) is 2.44. The predicted molar refractivity (Wildman–Crippen MR) is 74.7 cm³/mol. The average Bonchev–Trinajstić information content (AvgIpc) is 2.95. The monoisotopic (exact) mass is 287 g/mol. The Morgan fingerprint density at radius 3 is 2.90 bits per heavy atom. The zero-order valence-electron chi connectivity index (χ0n) is 11.3. The summed E-state index contributed by atoms with van der Waals surface area (Å²) in [7, 11) is 0. The number of hydrogen-bond acceptors (Lipinski definition) is 3. The molecule has 5 nitrogen and oxygen atoms in total. The molecular formula is C15H14FN3O2. The van der Waals surface area contributed by atoms with E-state index >= 15 is 0 Å². The number of benzene rings is 1. The lowest BCUT2D eigenvalue weighted by Crippen LogP contribution is -2.42. The highest BCUT2D eigenvalue weighted by molar-refractivity contribution is 5.99. The first-order chi connectivity index (χ1) is 10.0. The largest absolute Gasteiger partial charge is 0.327 e. The van der Waals surface area contributed by atoms with E-state index in [1.165, 1.54) is 17.0 Å². The molecule has 1 N–H and O–H groups in total. The third-order valence-corrected chi connectivity index (χ3v) is 3.31. The second-order valence-electron chi connectivity index (χ2n) is 4.72. The molecular weight excluding hydrogens is 273 g/mol. The summed E-state index contributed by atoms with van der Waals surface area (Å²) in [5.74, 6) is -1.29. The molecule has 1 atom stereocenters. The van der Waals surface area contributed by atoms with Crippen LogP contribution in [0.3, 0.4) is 0 Å². The Morgan fingerprint density at radius 2 is 2.24 bits per heavy atom. The van der Waals surface area contributed by atoms with Gasteiger partial charge in [0.25, 0.3) is 0 Å². The fourth-order valence-electron chi connectivity index (χ4n) is 2.37. The molecule has 0 aliphatic carbocycles. The van der Waals surface area contributed by atoms with Crippen LogP contribution < -0.4 is 5.32 Å². The number of nitriles is 1. The van der Waals surface area contributed by atoms with Gasteiger partial charge < -0.3 is 10.2 Å². The van der Waals surface area contributed by atoms with Gasteiger partial charge in [0.1, 0.15) is 11.9 Å². The minimum Gasteiger partial charge on any atom is -0.327 e. The second-order valence-corrected chi connectivity index (χ2v) is 4.72. The Bertz CT molecular complexity index is 636. The Labute approximate surface area is 121 Å². The van der Waals surface area contributed by atoms with Crippen molar-refractivity contribution in [3.8, 4) is 6.07 Å². The van der Waals surface area contributed by atoms with Gasteiger partial charge >= 0.3 is 0 Å². The van der Waals surface area contributed by atoms with Gasteiger partial charge in [0, 0.05) is 12.2 Å². The first-order valence-corrected chi connectivity index (χ1v) is 6.49. The maximum Gasteiger partial charge on any atom is 0.247 e. The van der Waals surface area contributed by atoms with Gasteiger partial charge in [-0.05, 0) is 37.1 Å². The topological polar surface area (TPSA) is 73.2 Å². The fourth-order valence-corrected chi connectivity index (χ4v) is 2.37.